The van der Waals surface area contributed by atoms with E-state index in [4.69, 9.17) is 9.84 Å². The van der Waals surface area contributed by atoms with Crippen molar-refractivity contribution in [1.82, 2.24) is 0 Å². The van der Waals surface area contributed by atoms with Gasteiger partial charge in [-0.15, -0.1) is 0 Å². The van der Waals surface area contributed by atoms with Crippen molar-refractivity contribution in [2.24, 2.45) is 0 Å². The molecular weight excluding hydrogens is 257 g/mol. The minimum Gasteiger partial charge on any atom is -0.457 e. The quantitative estimate of drug-likeness (QED) is 0.909. The molecule has 0 aliphatic heterocycles. The van der Waals surface area contributed by atoms with E-state index in [2.05, 4.69) is 0 Å². The van der Waals surface area contributed by atoms with E-state index < -0.39 is 12.3 Å². The minimum absolute atomic E-state index is 0.215. The van der Waals surface area contributed by atoms with Crippen LogP contribution in [0.15, 0.2) is 54.6 Å². The number of halogens is 3. The number of alkyl halides is 3. The second kappa shape index (κ2) is 5.32. The van der Waals surface area contributed by atoms with Crippen molar-refractivity contribution >= 4 is 0 Å². The molecular formula is C14H11F3O2. The van der Waals surface area contributed by atoms with Crippen LogP contribution in [0.2, 0.25) is 0 Å². The fourth-order valence-corrected chi connectivity index (χ4v) is 1.53. The van der Waals surface area contributed by atoms with Crippen LogP contribution >= 0.6 is 0 Å². The van der Waals surface area contributed by atoms with Gasteiger partial charge in [0.25, 0.3) is 0 Å². The zero-order valence-electron chi connectivity index (χ0n) is 9.76. The summed E-state index contributed by atoms with van der Waals surface area (Å²) in [6.45, 7) is 0. The fraction of sp³-hybridized carbons (Fsp3) is 0.143. The van der Waals surface area contributed by atoms with Gasteiger partial charge in [0, 0.05) is 0 Å². The lowest BCUT2D eigenvalue weighted by Crippen LogP contribution is -2.19. The summed E-state index contributed by atoms with van der Waals surface area (Å²) in [6, 6.07) is 14.0. The van der Waals surface area contributed by atoms with Crippen LogP contribution in [0.1, 0.15) is 11.7 Å². The van der Waals surface area contributed by atoms with Gasteiger partial charge in [-0.3, -0.25) is 0 Å². The van der Waals surface area contributed by atoms with Crippen LogP contribution in [0, 0.1) is 0 Å². The van der Waals surface area contributed by atoms with Gasteiger partial charge in [-0.2, -0.15) is 13.2 Å². The Morgan fingerprint density at radius 3 is 1.89 bits per heavy atom. The molecule has 0 radical (unpaired) electrons. The maximum Gasteiger partial charge on any atom is 0.418 e. The Morgan fingerprint density at radius 1 is 0.842 bits per heavy atom. The van der Waals surface area contributed by atoms with Gasteiger partial charge < -0.3 is 9.84 Å². The molecule has 19 heavy (non-hydrogen) atoms. The normalized spacial score (nSPS) is 13.1. The van der Waals surface area contributed by atoms with Crippen molar-refractivity contribution in [3.63, 3.8) is 0 Å². The van der Waals surface area contributed by atoms with Crippen molar-refractivity contribution in [2.45, 2.75) is 12.3 Å². The molecule has 0 heterocycles. The summed E-state index contributed by atoms with van der Waals surface area (Å²) in [5.74, 6) is 0.996. The molecule has 1 atom stereocenters. The molecule has 100 valence electrons. The van der Waals surface area contributed by atoms with Crippen molar-refractivity contribution in [3.05, 3.63) is 60.2 Å². The number of ether oxygens (including phenoxy) is 1. The first-order valence-corrected chi connectivity index (χ1v) is 5.54. The number of para-hydroxylation sites is 1. The second-order valence-corrected chi connectivity index (χ2v) is 3.93. The molecule has 2 aromatic carbocycles. The first-order chi connectivity index (χ1) is 8.97. The smallest absolute Gasteiger partial charge is 0.418 e. The van der Waals surface area contributed by atoms with Gasteiger partial charge in [0.2, 0.25) is 0 Å². The molecule has 2 aromatic rings. The Morgan fingerprint density at radius 2 is 1.37 bits per heavy atom. The molecule has 0 saturated heterocycles. The van der Waals surface area contributed by atoms with E-state index in [1.165, 1.54) is 24.3 Å². The summed E-state index contributed by atoms with van der Waals surface area (Å²) in [5, 5.41) is 9.07. The van der Waals surface area contributed by atoms with E-state index in [9.17, 15) is 13.2 Å². The van der Waals surface area contributed by atoms with Gasteiger partial charge >= 0.3 is 6.18 Å². The Hall–Kier alpha value is -2.01. The predicted octanol–water partition coefficient (Wildman–Crippen LogP) is 4.07. The summed E-state index contributed by atoms with van der Waals surface area (Å²) in [4.78, 5) is 0. The monoisotopic (exact) mass is 268 g/mol. The van der Waals surface area contributed by atoms with Crippen LogP contribution in [0.25, 0.3) is 0 Å². The molecule has 2 rings (SSSR count). The molecule has 0 spiro atoms. The minimum atomic E-state index is -4.66. The number of hydrogen-bond acceptors (Lipinski definition) is 2. The molecule has 2 nitrogen and oxygen atoms in total. The van der Waals surface area contributed by atoms with Crippen molar-refractivity contribution in [3.8, 4) is 11.5 Å². The van der Waals surface area contributed by atoms with Gasteiger partial charge in [0.15, 0.2) is 6.10 Å². The third-order valence-corrected chi connectivity index (χ3v) is 2.48. The molecule has 1 N–H and O–H groups in total. The second-order valence-electron chi connectivity index (χ2n) is 3.93. The summed E-state index contributed by atoms with van der Waals surface area (Å²) in [7, 11) is 0. The molecule has 0 aromatic heterocycles. The third kappa shape index (κ3) is 3.48. The zero-order chi connectivity index (χ0) is 13.9. The number of rotatable bonds is 3. The van der Waals surface area contributed by atoms with E-state index in [1.54, 1.807) is 24.3 Å². The SMILES string of the molecule is OC(c1ccc(Oc2ccccc2)cc1)C(F)(F)F. The predicted molar refractivity (Wildman–Crippen MR) is 64.0 cm³/mol. The molecule has 0 aliphatic carbocycles. The third-order valence-electron chi connectivity index (χ3n) is 2.48. The fourth-order valence-electron chi connectivity index (χ4n) is 1.53. The average molecular weight is 268 g/mol. The summed E-state index contributed by atoms with van der Waals surface area (Å²) in [6.07, 6.45) is -7.14. The maximum atomic E-state index is 12.3. The van der Waals surface area contributed by atoms with Crippen molar-refractivity contribution in [1.29, 1.82) is 0 Å². The first kappa shape index (κ1) is 13.4. The number of benzene rings is 2. The van der Waals surface area contributed by atoms with Crippen LogP contribution in [0.4, 0.5) is 13.2 Å². The molecule has 1 unspecified atom stereocenters. The van der Waals surface area contributed by atoms with Crippen LogP contribution in [-0.2, 0) is 0 Å². The Labute approximate surface area is 108 Å². The van der Waals surface area contributed by atoms with Crippen molar-refractivity contribution < 1.29 is 23.0 Å². The molecule has 5 heteroatoms. The van der Waals surface area contributed by atoms with Crippen LogP contribution in [0.3, 0.4) is 0 Å². The Balaban J connectivity index is 2.11. The highest BCUT2D eigenvalue weighted by Crippen LogP contribution is 2.33. The first-order valence-electron chi connectivity index (χ1n) is 5.54. The van der Waals surface area contributed by atoms with Gasteiger partial charge in [-0.1, -0.05) is 30.3 Å². The van der Waals surface area contributed by atoms with E-state index in [0.717, 1.165) is 0 Å². The highest BCUT2D eigenvalue weighted by molar-refractivity contribution is 5.33. The van der Waals surface area contributed by atoms with Crippen LogP contribution < -0.4 is 4.74 Å². The summed E-state index contributed by atoms with van der Waals surface area (Å²) >= 11 is 0. The molecule has 0 aliphatic rings. The number of hydrogen-bond donors (Lipinski definition) is 1. The zero-order valence-corrected chi connectivity index (χ0v) is 9.76. The summed E-state index contributed by atoms with van der Waals surface area (Å²) < 4.78 is 42.3. The maximum absolute atomic E-state index is 12.3. The molecule has 0 bridgehead atoms. The highest BCUT2D eigenvalue weighted by Gasteiger charge is 2.39. The Bertz CT molecular complexity index is 521. The highest BCUT2D eigenvalue weighted by atomic mass is 19.4. The lowest BCUT2D eigenvalue weighted by atomic mass is 10.1. The van der Waals surface area contributed by atoms with Gasteiger partial charge in [-0.25, -0.2) is 0 Å². The number of aliphatic hydroxyl groups is 1. The number of aliphatic hydroxyl groups excluding tert-OH is 1. The summed E-state index contributed by atoms with van der Waals surface area (Å²) in [5.41, 5.74) is -0.215. The lowest BCUT2D eigenvalue weighted by molar-refractivity contribution is -0.206. The van der Waals surface area contributed by atoms with E-state index >= 15 is 0 Å². The molecule has 0 fully saturated rings. The lowest BCUT2D eigenvalue weighted by Gasteiger charge is -2.15. The van der Waals surface area contributed by atoms with E-state index in [1.807, 2.05) is 6.07 Å². The topological polar surface area (TPSA) is 29.5 Å². The molecule has 0 amide bonds. The Kier molecular flexibility index (Phi) is 3.76. The van der Waals surface area contributed by atoms with E-state index in [0.29, 0.717) is 11.5 Å². The van der Waals surface area contributed by atoms with Gasteiger partial charge in [-0.05, 0) is 29.8 Å². The largest absolute Gasteiger partial charge is 0.457 e. The van der Waals surface area contributed by atoms with Crippen LogP contribution in [-0.4, -0.2) is 11.3 Å². The van der Waals surface area contributed by atoms with Gasteiger partial charge in [0.1, 0.15) is 11.5 Å². The van der Waals surface area contributed by atoms with Gasteiger partial charge in [0.05, 0.1) is 0 Å². The molecule has 0 saturated carbocycles. The van der Waals surface area contributed by atoms with E-state index in [-0.39, 0.29) is 5.56 Å². The standard InChI is InChI=1S/C14H11F3O2/c15-14(16,17)13(18)10-6-8-12(9-7-10)19-11-4-2-1-3-5-11/h1-9,13,18H. The van der Waals surface area contributed by atoms with Crippen LogP contribution in [0.5, 0.6) is 11.5 Å². The van der Waals surface area contributed by atoms with Crippen molar-refractivity contribution in [2.75, 3.05) is 0 Å². The average Bonchev–Trinajstić information content (AvgIpc) is 2.39.